The Labute approximate surface area is 89.9 Å². The highest BCUT2D eigenvalue weighted by Gasteiger charge is 2.22. The fourth-order valence-electron chi connectivity index (χ4n) is 0.914. The van der Waals surface area contributed by atoms with Crippen LogP contribution in [-0.2, 0) is 19.2 Å². The molecule has 15 heavy (non-hydrogen) atoms. The highest BCUT2D eigenvalue weighted by molar-refractivity contribution is 5.74. The van der Waals surface area contributed by atoms with E-state index in [1.807, 2.05) is 0 Å². The van der Waals surface area contributed by atoms with E-state index >= 15 is 0 Å². The first-order valence-corrected chi connectivity index (χ1v) is 4.88. The normalized spacial score (nSPS) is 13.1. The van der Waals surface area contributed by atoms with E-state index in [0.717, 1.165) is 0 Å². The molecule has 0 spiro atoms. The molecule has 5 nitrogen and oxygen atoms in total. The molecule has 0 amide bonds. The monoisotopic (exact) mass is 217 g/mol. The fourth-order valence-corrected chi connectivity index (χ4v) is 0.914. The molecule has 5 heteroatoms. The SMILES string of the molecule is CC(CCC(=O)ON)C(=O)OC(C)(C)C. The quantitative estimate of drug-likeness (QED) is 0.564. The summed E-state index contributed by atoms with van der Waals surface area (Å²) in [5, 5.41) is 0. The lowest BCUT2D eigenvalue weighted by atomic mass is 10.1. The molecule has 0 saturated carbocycles. The first-order chi connectivity index (χ1) is 6.76. The molecule has 0 heterocycles. The molecule has 0 aromatic rings. The molecule has 0 aromatic carbocycles. The Morgan fingerprint density at radius 2 is 1.87 bits per heavy atom. The number of carbonyl (C=O) groups excluding carboxylic acids is 2. The molecular formula is C10H19NO4. The van der Waals surface area contributed by atoms with Gasteiger partial charge < -0.3 is 9.57 Å². The molecule has 0 radical (unpaired) electrons. The van der Waals surface area contributed by atoms with Crippen LogP contribution in [0.15, 0.2) is 0 Å². The summed E-state index contributed by atoms with van der Waals surface area (Å²) in [5.74, 6) is 3.50. The van der Waals surface area contributed by atoms with Gasteiger partial charge in [0.2, 0.25) is 0 Å². The van der Waals surface area contributed by atoms with Crippen LogP contribution < -0.4 is 5.90 Å². The Morgan fingerprint density at radius 1 is 1.33 bits per heavy atom. The van der Waals surface area contributed by atoms with Gasteiger partial charge in [-0.15, -0.1) is 0 Å². The van der Waals surface area contributed by atoms with E-state index in [2.05, 4.69) is 10.7 Å². The van der Waals surface area contributed by atoms with Crippen molar-refractivity contribution in [3.05, 3.63) is 0 Å². The third-order valence-corrected chi connectivity index (χ3v) is 1.72. The minimum Gasteiger partial charge on any atom is -0.460 e. The Bertz CT molecular complexity index is 232. The maximum atomic E-state index is 11.5. The Kier molecular flexibility index (Phi) is 5.28. The average Bonchev–Trinajstić information content (AvgIpc) is 2.10. The van der Waals surface area contributed by atoms with Gasteiger partial charge in [-0.25, -0.2) is 0 Å². The molecule has 0 aliphatic heterocycles. The second-order valence-corrected chi connectivity index (χ2v) is 4.46. The van der Waals surface area contributed by atoms with E-state index in [-0.39, 0.29) is 18.3 Å². The predicted octanol–water partition coefficient (Wildman–Crippen LogP) is 1.16. The number of rotatable bonds is 4. The Hall–Kier alpha value is -1.10. The van der Waals surface area contributed by atoms with Crippen LogP contribution in [0, 0.1) is 5.92 Å². The van der Waals surface area contributed by atoms with E-state index in [0.29, 0.717) is 6.42 Å². The van der Waals surface area contributed by atoms with Gasteiger partial charge in [-0.1, -0.05) is 6.92 Å². The van der Waals surface area contributed by atoms with Crippen LogP contribution in [0.25, 0.3) is 0 Å². The summed E-state index contributed by atoms with van der Waals surface area (Å²) in [6.07, 6.45) is 0.502. The number of carbonyl (C=O) groups is 2. The van der Waals surface area contributed by atoms with Gasteiger partial charge in [-0.3, -0.25) is 9.59 Å². The molecule has 0 aromatic heterocycles. The van der Waals surface area contributed by atoms with Gasteiger partial charge in [-0.05, 0) is 27.2 Å². The first-order valence-electron chi connectivity index (χ1n) is 4.88. The van der Waals surface area contributed by atoms with E-state index < -0.39 is 11.6 Å². The number of nitrogens with two attached hydrogens (primary N) is 1. The van der Waals surface area contributed by atoms with Gasteiger partial charge in [0, 0.05) is 6.42 Å². The molecule has 0 fully saturated rings. The van der Waals surface area contributed by atoms with Crippen molar-refractivity contribution in [1.82, 2.24) is 0 Å². The van der Waals surface area contributed by atoms with Gasteiger partial charge >= 0.3 is 11.9 Å². The van der Waals surface area contributed by atoms with Crippen LogP contribution in [0.1, 0.15) is 40.5 Å². The van der Waals surface area contributed by atoms with Crippen molar-refractivity contribution in [1.29, 1.82) is 0 Å². The summed E-state index contributed by atoms with van der Waals surface area (Å²) in [7, 11) is 0. The molecule has 1 unspecified atom stereocenters. The molecule has 1 atom stereocenters. The van der Waals surface area contributed by atoms with Gasteiger partial charge in [0.05, 0.1) is 5.92 Å². The third kappa shape index (κ3) is 6.90. The summed E-state index contributed by atoms with van der Waals surface area (Å²) >= 11 is 0. The molecule has 0 saturated heterocycles. The van der Waals surface area contributed by atoms with Crippen molar-refractivity contribution in [2.24, 2.45) is 11.8 Å². The largest absolute Gasteiger partial charge is 0.460 e. The molecule has 88 valence electrons. The summed E-state index contributed by atoms with van der Waals surface area (Å²) in [6, 6.07) is 0. The molecule has 0 aliphatic rings. The zero-order chi connectivity index (χ0) is 12.1. The Morgan fingerprint density at radius 3 is 2.27 bits per heavy atom. The highest BCUT2D eigenvalue weighted by atomic mass is 16.7. The van der Waals surface area contributed by atoms with E-state index in [1.54, 1.807) is 27.7 Å². The van der Waals surface area contributed by atoms with Crippen LogP contribution in [0.4, 0.5) is 0 Å². The van der Waals surface area contributed by atoms with Crippen LogP contribution in [0.2, 0.25) is 0 Å². The molecule has 2 N–H and O–H groups in total. The van der Waals surface area contributed by atoms with Crippen LogP contribution >= 0.6 is 0 Å². The summed E-state index contributed by atoms with van der Waals surface area (Å²) in [6.45, 7) is 7.10. The van der Waals surface area contributed by atoms with Crippen molar-refractivity contribution in [3.63, 3.8) is 0 Å². The van der Waals surface area contributed by atoms with E-state index in [4.69, 9.17) is 4.74 Å². The molecule has 0 bridgehead atoms. The van der Waals surface area contributed by atoms with Crippen molar-refractivity contribution in [3.8, 4) is 0 Å². The first kappa shape index (κ1) is 13.9. The van der Waals surface area contributed by atoms with Crippen LogP contribution in [0.5, 0.6) is 0 Å². The van der Waals surface area contributed by atoms with Gasteiger partial charge in [0.15, 0.2) is 0 Å². The fraction of sp³-hybridized carbons (Fsp3) is 0.800. The van der Waals surface area contributed by atoms with Crippen LogP contribution in [-0.4, -0.2) is 17.5 Å². The molecule has 0 rings (SSSR count). The summed E-state index contributed by atoms with van der Waals surface area (Å²) in [4.78, 5) is 26.2. The van der Waals surface area contributed by atoms with Crippen molar-refractivity contribution >= 4 is 11.9 Å². The summed E-state index contributed by atoms with van der Waals surface area (Å²) < 4.78 is 5.14. The molecule has 0 aliphatic carbocycles. The maximum absolute atomic E-state index is 11.5. The number of hydrogen-bond acceptors (Lipinski definition) is 5. The van der Waals surface area contributed by atoms with Crippen molar-refractivity contribution in [2.45, 2.75) is 46.1 Å². The Balaban J connectivity index is 3.95. The average molecular weight is 217 g/mol. The standard InChI is InChI=1S/C10H19NO4/c1-7(5-6-8(12)15-11)9(13)14-10(2,3)4/h7H,5-6,11H2,1-4H3. The highest BCUT2D eigenvalue weighted by Crippen LogP contribution is 2.14. The van der Waals surface area contributed by atoms with Crippen molar-refractivity contribution in [2.75, 3.05) is 0 Å². The third-order valence-electron chi connectivity index (χ3n) is 1.72. The minimum absolute atomic E-state index is 0.122. The van der Waals surface area contributed by atoms with E-state index in [9.17, 15) is 9.59 Å². The van der Waals surface area contributed by atoms with Gasteiger partial charge in [0.25, 0.3) is 0 Å². The second-order valence-electron chi connectivity index (χ2n) is 4.46. The lowest BCUT2D eigenvalue weighted by Gasteiger charge is -2.22. The minimum atomic E-state index is -0.523. The zero-order valence-electron chi connectivity index (χ0n) is 9.70. The van der Waals surface area contributed by atoms with E-state index in [1.165, 1.54) is 0 Å². The second kappa shape index (κ2) is 5.70. The number of hydrogen-bond donors (Lipinski definition) is 1. The topological polar surface area (TPSA) is 78.6 Å². The number of ether oxygens (including phenoxy) is 1. The lowest BCUT2D eigenvalue weighted by Crippen LogP contribution is -2.28. The predicted molar refractivity (Wildman–Crippen MR) is 54.5 cm³/mol. The maximum Gasteiger partial charge on any atom is 0.324 e. The van der Waals surface area contributed by atoms with Gasteiger partial charge in [-0.2, -0.15) is 5.90 Å². The number of esters is 1. The van der Waals surface area contributed by atoms with Crippen molar-refractivity contribution < 1.29 is 19.2 Å². The summed E-state index contributed by atoms with van der Waals surface area (Å²) in [5.41, 5.74) is -0.500. The smallest absolute Gasteiger partial charge is 0.324 e. The van der Waals surface area contributed by atoms with Gasteiger partial charge in [0.1, 0.15) is 5.60 Å². The van der Waals surface area contributed by atoms with Crippen LogP contribution in [0.3, 0.4) is 0 Å². The lowest BCUT2D eigenvalue weighted by molar-refractivity contribution is -0.159. The zero-order valence-corrected chi connectivity index (χ0v) is 9.70. The molecular weight excluding hydrogens is 198 g/mol.